The number of nitrogens with one attached hydrogen (secondary N) is 1. The van der Waals surface area contributed by atoms with Crippen LogP contribution in [-0.4, -0.2) is 63.2 Å². The minimum atomic E-state index is -0.765. The standard InChI is InChI=1S/C23H41N3O5.2ClH/c1-15(2)18(13-19(24)20(27)14-26-16(3)23(25)28)11-17-7-8-21(30-5)22(12-17)31-10-6-9-29-4;;/h7-8,12,15-16,18-20,26-27H,6,9-11,13-14,24H2,1-5H3,(H2,25,28);2*1H/t16-,18?,19?,20?;;/m0../s1. The van der Waals surface area contributed by atoms with Gasteiger partial charge in [0.2, 0.25) is 5.91 Å². The van der Waals surface area contributed by atoms with E-state index in [9.17, 15) is 9.90 Å². The first-order valence-electron chi connectivity index (χ1n) is 10.9. The van der Waals surface area contributed by atoms with E-state index in [0.717, 1.165) is 18.4 Å². The topological polar surface area (TPSA) is 129 Å². The summed E-state index contributed by atoms with van der Waals surface area (Å²) in [5, 5.41) is 13.3. The normalized spacial score (nSPS) is 14.4. The number of methoxy groups -OCH3 is 2. The van der Waals surface area contributed by atoms with Crippen molar-refractivity contribution >= 4 is 30.7 Å². The molecule has 0 heterocycles. The number of hydrogen-bond acceptors (Lipinski definition) is 7. The van der Waals surface area contributed by atoms with Crippen molar-refractivity contribution in [1.82, 2.24) is 5.32 Å². The number of aliphatic hydroxyl groups excluding tert-OH is 1. The lowest BCUT2D eigenvalue weighted by atomic mass is 9.83. The third-order valence-electron chi connectivity index (χ3n) is 5.55. The van der Waals surface area contributed by atoms with Crippen LogP contribution in [0.15, 0.2) is 18.2 Å². The molecule has 0 aliphatic heterocycles. The Morgan fingerprint density at radius 2 is 1.79 bits per heavy atom. The lowest BCUT2D eigenvalue weighted by molar-refractivity contribution is -0.119. The number of benzene rings is 1. The molecule has 194 valence electrons. The van der Waals surface area contributed by atoms with Gasteiger partial charge >= 0.3 is 0 Å². The number of ether oxygens (including phenoxy) is 3. The molecule has 1 aromatic rings. The molecule has 1 amide bonds. The van der Waals surface area contributed by atoms with E-state index in [1.165, 1.54) is 0 Å². The van der Waals surface area contributed by atoms with E-state index >= 15 is 0 Å². The number of rotatable bonds is 16. The summed E-state index contributed by atoms with van der Waals surface area (Å²) in [6, 6.07) is 5.04. The van der Waals surface area contributed by atoms with Gasteiger partial charge in [-0.2, -0.15) is 0 Å². The molecule has 1 aromatic carbocycles. The first kappa shape index (κ1) is 33.9. The summed E-state index contributed by atoms with van der Waals surface area (Å²) in [6.07, 6.45) is 1.50. The zero-order chi connectivity index (χ0) is 23.4. The number of hydrogen-bond donors (Lipinski definition) is 4. The predicted octanol–water partition coefficient (Wildman–Crippen LogP) is 2.31. The molecule has 0 saturated heterocycles. The fraction of sp³-hybridized carbons (Fsp3) is 0.696. The molecule has 8 nitrogen and oxygen atoms in total. The van der Waals surface area contributed by atoms with Crippen molar-refractivity contribution in [2.24, 2.45) is 23.3 Å². The van der Waals surface area contributed by atoms with Crippen molar-refractivity contribution in [2.75, 3.05) is 34.0 Å². The van der Waals surface area contributed by atoms with Crippen molar-refractivity contribution in [1.29, 1.82) is 0 Å². The molecule has 0 aromatic heterocycles. The Morgan fingerprint density at radius 1 is 1.12 bits per heavy atom. The molecule has 0 bridgehead atoms. The molecule has 0 radical (unpaired) electrons. The van der Waals surface area contributed by atoms with Crippen LogP contribution in [0.2, 0.25) is 0 Å². The maximum Gasteiger partial charge on any atom is 0.234 e. The monoisotopic (exact) mass is 511 g/mol. The third-order valence-corrected chi connectivity index (χ3v) is 5.55. The van der Waals surface area contributed by atoms with Gasteiger partial charge in [-0.15, -0.1) is 24.8 Å². The molecule has 0 fully saturated rings. The quantitative estimate of drug-likeness (QED) is 0.250. The van der Waals surface area contributed by atoms with Crippen molar-refractivity contribution < 1.29 is 24.1 Å². The van der Waals surface area contributed by atoms with Gasteiger partial charge in [-0.1, -0.05) is 19.9 Å². The smallest absolute Gasteiger partial charge is 0.234 e. The lowest BCUT2D eigenvalue weighted by Gasteiger charge is -2.28. The summed E-state index contributed by atoms with van der Waals surface area (Å²) in [5.41, 5.74) is 12.7. The van der Waals surface area contributed by atoms with E-state index in [2.05, 4.69) is 19.2 Å². The number of carbonyl (C=O) groups excluding carboxylic acids is 1. The zero-order valence-corrected chi connectivity index (χ0v) is 22.0. The van der Waals surface area contributed by atoms with Crippen molar-refractivity contribution in [3.63, 3.8) is 0 Å². The molecular formula is C23H43Cl2N3O5. The van der Waals surface area contributed by atoms with E-state index in [1.807, 2.05) is 18.2 Å². The maximum absolute atomic E-state index is 11.1. The van der Waals surface area contributed by atoms with Crippen LogP contribution in [0, 0.1) is 11.8 Å². The van der Waals surface area contributed by atoms with Crippen LogP contribution >= 0.6 is 24.8 Å². The van der Waals surface area contributed by atoms with Crippen LogP contribution in [-0.2, 0) is 16.0 Å². The van der Waals surface area contributed by atoms with Crippen LogP contribution in [0.25, 0.3) is 0 Å². The van der Waals surface area contributed by atoms with Crippen LogP contribution < -0.4 is 26.3 Å². The van der Waals surface area contributed by atoms with Gasteiger partial charge in [-0.05, 0) is 49.3 Å². The van der Waals surface area contributed by atoms with Crippen LogP contribution in [0.4, 0.5) is 0 Å². The number of primary amides is 1. The zero-order valence-electron chi connectivity index (χ0n) is 20.4. The highest BCUT2D eigenvalue weighted by atomic mass is 35.5. The Balaban J connectivity index is 0. The summed E-state index contributed by atoms with van der Waals surface area (Å²) in [5.74, 6) is 1.61. The Labute approximate surface area is 210 Å². The summed E-state index contributed by atoms with van der Waals surface area (Å²) in [7, 11) is 3.30. The first-order chi connectivity index (χ1) is 14.7. The third kappa shape index (κ3) is 12.7. The second-order valence-electron chi connectivity index (χ2n) is 8.39. The number of aliphatic hydroxyl groups is 1. The lowest BCUT2D eigenvalue weighted by Crippen LogP contribution is -2.48. The van der Waals surface area contributed by atoms with Crippen molar-refractivity contribution in [3.05, 3.63) is 23.8 Å². The Bertz CT molecular complexity index is 667. The number of halogens is 2. The number of carbonyl (C=O) groups is 1. The summed E-state index contributed by atoms with van der Waals surface area (Å²) in [6.45, 7) is 7.39. The van der Waals surface area contributed by atoms with Gasteiger partial charge in [0.25, 0.3) is 0 Å². The Kier molecular flexibility index (Phi) is 18.6. The van der Waals surface area contributed by atoms with E-state index in [1.54, 1.807) is 21.1 Å². The Morgan fingerprint density at radius 3 is 2.33 bits per heavy atom. The highest BCUT2D eigenvalue weighted by Crippen LogP contribution is 2.31. The fourth-order valence-electron chi connectivity index (χ4n) is 3.30. The molecule has 10 heteroatoms. The maximum atomic E-state index is 11.1. The van der Waals surface area contributed by atoms with E-state index in [4.69, 9.17) is 25.7 Å². The molecular weight excluding hydrogens is 469 g/mol. The molecule has 0 spiro atoms. The van der Waals surface area contributed by atoms with E-state index in [-0.39, 0.29) is 37.3 Å². The summed E-state index contributed by atoms with van der Waals surface area (Å²) in [4.78, 5) is 11.1. The second-order valence-corrected chi connectivity index (χ2v) is 8.39. The minimum Gasteiger partial charge on any atom is -0.493 e. The molecule has 6 N–H and O–H groups in total. The van der Waals surface area contributed by atoms with Crippen molar-refractivity contribution in [3.8, 4) is 11.5 Å². The average molecular weight is 513 g/mol. The van der Waals surface area contributed by atoms with Gasteiger partial charge in [0.1, 0.15) is 0 Å². The van der Waals surface area contributed by atoms with Crippen molar-refractivity contribution in [2.45, 2.75) is 58.2 Å². The molecule has 0 aliphatic carbocycles. The molecule has 3 unspecified atom stereocenters. The first-order valence-corrected chi connectivity index (χ1v) is 10.9. The van der Waals surface area contributed by atoms with Gasteiger partial charge in [-0.3, -0.25) is 4.79 Å². The number of nitrogens with two attached hydrogens (primary N) is 2. The highest BCUT2D eigenvalue weighted by Gasteiger charge is 2.24. The van der Waals surface area contributed by atoms with Gasteiger partial charge in [0.15, 0.2) is 11.5 Å². The van der Waals surface area contributed by atoms with Gasteiger partial charge in [0.05, 0.1) is 25.9 Å². The predicted molar refractivity (Wildman–Crippen MR) is 137 cm³/mol. The van der Waals surface area contributed by atoms with E-state index in [0.29, 0.717) is 37.1 Å². The average Bonchev–Trinajstić information content (AvgIpc) is 2.74. The largest absolute Gasteiger partial charge is 0.493 e. The molecule has 4 atom stereocenters. The summed E-state index contributed by atoms with van der Waals surface area (Å²) >= 11 is 0. The molecule has 33 heavy (non-hydrogen) atoms. The van der Waals surface area contributed by atoms with Gasteiger partial charge in [0, 0.05) is 32.7 Å². The van der Waals surface area contributed by atoms with Gasteiger partial charge < -0.3 is 36.1 Å². The SMILES string of the molecule is COCCCOc1cc(CC(CC(N)C(O)CN[C@@H](C)C(N)=O)C(C)C)ccc1OC.Cl.Cl. The number of amides is 1. The van der Waals surface area contributed by atoms with E-state index < -0.39 is 24.1 Å². The minimum absolute atomic E-state index is 0. The van der Waals surface area contributed by atoms with Crippen LogP contribution in [0.5, 0.6) is 11.5 Å². The fourth-order valence-corrected chi connectivity index (χ4v) is 3.30. The van der Waals surface area contributed by atoms with Crippen LogP contribution in [0.3, 0.4) is 0 Å². The Hall–Kier alpha value is -1.29. The van der Waals surface area contributed by atoms with Crippen LogP contribution in [0.1, 0.15) is 39.2 Å². The molecule has 1 rings (SSSR count). The highest BCUT2D eigenvalue weighted by molar-refractivity contribution is 5.85. The summed E-state index contributed by atoms with van der Waals surface area (Å²) < 4.78 is 16.4. The molecule has 0 saturated carbocycles. The van der Waals surface area contributed by atoms with Gasteiger partial charge in [-0.25, -0.2) is 0 Å². The molecule has 0 aliphatic rings. The second kappa shape index (κ2) is 18.1.